The molecule has 3 heteroatoms. The summed E-state index contributed by atoms with van der Waals surface area (Å²) >= 11 is 0. The van der Waals surface area contributed by atoms with Gasteiger partial charge in [-0.2, -0.15) is 0 Å². The Morgan fingerprint density at radius 3 is 2.42 bits per heavy atom. The van der Waals surface area contributed by atoms with Crippen LogP contribution in [0.25, 0.3) is 0 Å². The van der Waals surface area contributed by atoms with E-state index in [2.05, 4.69) is 6.58 Å². The van der Waals surface area contributed by atoms with Gasteiger partial charge in [-0.1, -0.05) is 6.58 Å². The molecule has 0 aromatic carbocycles. The summed E-state index contributed by atoms with van der Waals surface area (Å²) in [6.07, 6.45) is -0.0383. The van der Waals surface area contributed by atoms with Gasteiger partial charge in [-0.15, -0.1) is 0 Å². The van der Waals surface area contributed by atoms with Crippen LogP contribution in [0.5, 0.6) is 0 Å². The molecule has 0 spiro atoms. The van der Waals surface area contributed by atoms with Crippen molar-refractivity contribution in [1.29, 1.82) is 0 Å². The number of hydrogen-bond acceptors (Lipinski definition) is 3. The molecule has 0 amide bonds. The van der Waals surface area contributed by atoms with Crippen LogP contribution in [0.2, 0.25) is 0 Å². The van der Waals surface area contributed by atoms with Crippen molar-refractivity contribution in [2.24, 2.45) is 0 Å². The Morgan fingerprint density at radius 1 is 1.50 bits per heavy atom. The minimum Gasteiger partial charge on any atom is -0.340 e. The average molecular weight is 170 g/mol. The number of carbonyl (C=O) groups is 1. The lowest BCUT2D eigenvalue weighted by Crippen LogP contribution is -2.24. The van der Waals surface area contributed by atoms with E-state index in [1.54, 1.807) is 13.8 Å². The van der Waals surface area contributed by atoms with Crippen molar-refractivity contribution in [1.82, 2.24) is 0 Å². The third-order valence-corrected chi connectivity index (χ3v) is 1.75. The molecule has 1 heterocycles. The fraction of sp³-hybridized carbons (Fsp3) is 0.667. The molecule has 0 N–H and O–H groups in total. The molecule has 1 saturated heterocycles. The first-order valence-electron chi connectivity index (χ1n) is 3.92. The van der Waals surface area contributed by atoms with Gasteiger partial charge in [0, 0.05) is 0 Å². The van der Waals surface area contributed by atoms with Crippen molar-refractivity contribution in [2.45, 2.75) is 38.8 Å². The first kappa shape index (κ1) is 9.42. The summed E-state index contributed by atoms with van der Waals surface area (Å²) in [4.78, 5) is 10.6. The highest BCUT2D eigenvalue weighted by Gasteiger charge is 2.41. The lowest BCUT2D eigenvalue weighted by Gasteiger charge is -2.16. The van der Waals surface area contributed by atoms with Crippen LogP contribution in [-0.2, 0) is 14.3 Å². The minimum absolute atomic E-state index is 0.294. The molecule has 1 aliphatic rings. The molecule has 0 aromatic rings. The van der Waals surface area contributed by atoms with Crippen molar-refractivity contribution in [3.8, 4) is 0 Å². The molecule has 0 bridgehead atoms. The molecular weight excluding hydrogens is 156 g/mol. The van der Waals surface area contributed by atoms with Crippen LogP contribution in [0, 0.1) is 0 Å². The van der Waals surface area contributed by atoms with Crippen molar-refractivity contribution in [3.63, 3.8) is 0 Å². The third kappa shape index (κ3) is 1.73. The molecule has 1 fully saturated rings. The van der Waals surface area contributed by atoms with Crippen molar-refractivity contribution in [2.75, 3.05) is 0 Å². The lowest BCUT2D eigenvalue weighted by atomic mass is 10.1. The molecule has 0 aromatic heterocycles. The summed E-state index contributed by atoms with van der Waals surface area (Å²) in [5.41, 5.74) is 0.817. The Bertz CT molecular complexity index is 208. The molecule has 3 nitrogen and oxygen atoms in total. The number of rotatable bonds is 2. The summed E-state index contributed by atoms with van der Waals surface area (Å²) in [5.74, 6) is -0.671. The molecule has 1 aliphatic heterocycles. The van der Waals surface area contributed by atoms with Gasteiger partial charge in [-0.25, -0.2) is 0 Å². The van der Waals surface area contributed by atoms with Crippen LogP contribution in [0.4, 0.5) is 0 Å². The summed E-state index contributed by atoms with van der Waals surface area (Å²) in [6.45, 7) is 9.13. The topological polar surface area (TPSA) is 35.5 Å². The Labute approximate surface area is 72.4 Å². The van der Waals surface area contributed by atoms with Crippen LogP contribution in [0.1, 0.15) is 20.8 Å². The van der Waals surface area contributed by atoms with E-state index in [4.69, 9.17) is 9.47 Å². The summed E-state index contributed by atoms with van der Waals surface area (Å²) in [6, 6.07) is 0. The van der Waals surface area contributed by atoms with Gasteiger partial charge < -0.3 is 14.3 Å². The predicted octanol–water partition coefficient (Wildman–Crippen LogP) is 1.28. The molecule has 0 radical (unpaired) electrons. The van der Waals surface area contributed by atoms with Crippen LogP contribution < -0.4 is 0 Å². The zero-order valence-corrected chi connectivity index (χ0v) is 7.66. The van der Waals surface area contributed by atoms with Crippen LogP contribution in [0.3, 0.4) is 0 Å². The van der Waals surface area contributed by atoms with E-state index in [-0.39, 0.29) is 6.10 Å². The molecule has 12 heavy (non-hydrogen) atoms. The largest absolute Gasteiger partial charge is 0.340 e. The highest BCUT2D eigenvalue weighted by molar-refractivity contribution is 5.59. The van der Waals surface area contributed by atoms with Gasteiger partial charge in [0.15, 0.2) is 12.1 Å². The number of ether oxygens (including phenoxy) is 2. The fourth-order valence-corrected chi connectivity index (χ4v) is 1.27. The van der Waals surface area contributed by atoms with E-state index < -0.39 is 11.9 Å². The van der Waals surface area contributed by atoms with E-state index in [0.717, 1.165) is 11.9 Å². The van der Waals surface area contributed by atoms with E-state index in [1.165, 1.54) is 0 Å². The number of hydrogen-bond donors (Lipinski definition) is 0. The SMILES string of the molecule is C=C(C)[C@@H]1OC(C)(C)O[C@@H]1C=O. The Morgan fingerprint density at radius 2 is 2.08 bits per heavy atom. The van der Waals surface area contributed by atoms with Gasteiger partial charge in [0.2, 0.25) is 0 Å². The minimum atomic E-state index is -0.671. The molecule has 0 aliphatic carbocycles. The van der Waals surface area contributed by atoms with Gasteiger partial charge >= 0.3 is 0 Å². The van der Waals surface area contributed by atoms with Gasteiger partial charge in [-0.3, -0.25) is 0 Å². The Hall–Kier alpha value is -0.670. The van der Waals surface area contributed by atoms with Crippen LogP contribution in [0.15, 0.2) is 12.2 Å². The standard InChI is InChI=1S/C9H14O3/c1-6(2)8-7(5-10)11-9(3,4)12-8/h5,7-8H,1H2,2-4H3/t7-,8+/m1/s1. The fourth-order valence-electron chi connectivity index (χ4n) is 1.27. The van der Waals surface area contributed by atoms with Crippen LogP contribution >= 0.6 is 0 Å². The quantitative estimate of drug-likeness (QED) is 0.462. The van der Waals surface area contributed by atoms with Crippen molar-refractivity contribution >= 4 is 6.29 Å². The molecule has 1 rings (SSSR count). The van der Waals surface area contributed by atoms with E-state index in [1.807, 2.05) is 6.92 Å². The van der Waals surface area contributed by atoms with Crippen LogP contribution in [-0.4, -0.2) is 24.3 Å². The van der Waals surface area contributed by atoms with E-state index >= 15 is 0 Å². The Kier molecular flexibility index (Phi) is 2.35. The normalized spacial score (nSPS) is 33.2. The van der Waals surface area contributed by atoms with E-state index in [0.29, 0.717) is 0 Å². The highest BCUT2D eigenvalue weighted by atomic mass is 16.8. The smallest absolute Gasteiger partial charge is 0.164 e. The van der Waals surface area contributed by atoms with E-state index in [9.17, 15) is 4.79 Å². The van der Waals surface area contributed by atoms with Crippen molar-refractivity contribution < 1.29 is 14.3 Å². The summed E-state index contributed by atoms with van der Waals surface area (Å²) < 4.78 is 10.8. The first-order valence-corrected chi connectivity index (χ1v) is 3.92. The Balaban J connectivity index is 2.76. The zero-order valence-electron chi connectivity index (χ0n) is 7.66. The van der Waals surface area contributed by atoms with Gasteiger partial charge in [0.1, 0.15) is 12.2 Å². The second-order valence-corrected chi connectivity index (χ2v) is 3.50. The molecule has 2 atom stereocenters. The molecular formula is C9H14O3. The summed E-state index contributed by atoms with van der Waals surface area (Å²) in [5, 5.41) is 0. The van der Waals surface area contributed by atoms with Gasteiger partial charge in [0.25, 0.3) is 0 Å². The maximum Gasteiger partial charge on any atom is 0.164 e. The lowest BCUT2D eigenvalue weighted by molar-refractivity contribution is -0.148. The third-order valence-electron chi connectivity index (χ3n) is 1.75. The second-order valence-electron chi connectivity index (χ2n) is 3.50. The average Bonchev–Trinajstić information content (AvgIpc) is 2.25. The predicted molar refractivity (Wildman–Crippen MR) is 44.7 cm³/mol. The highest BCUT2D eigenvalue weighted by Crippen LogP contribution is 2.30. The maximum absolute atomic E-state index is 10.6. The molecule has 0 unspecified atom stereocenters. The monoisotopic (exact) mass is 170 g/mol. The summed E-state index contributed by atoms with van der Waals surface area (Å²) in [7, 11) is 0. The first-order chi connectivity index (χ1) is 5.46. The number of aldehydes is 1. The van der Waals surface area contributed by atoms with Gasteiger partial charge in [-0.05, 0) is 26.3 Å². The second kappa shape index (κ2) is 2.99. The molecule has 0 saturated carbocycles. The zero-order chi connectivity index (χ0) is 9.35. The molecule has 68 valence electrons. The van der Waals surface area contributed by atoms with Crippen molar-refractivity contribution in [3.05, 3.63) is 12.2 Å². The maximum atomic E-state index is 10.6. The number of carbonyl (C=O) groups excluding carboxylic acids is 1. The van der Waals surface area contributed by atoms with Gasteiger partial charge in [0.05, 0.1) is 0 Å².